The van der Waals surface area contributed by atoms with E-state index in [0.29, 0.717) is 17.9 Å². The van der Waals surface area contributed by atoms with Crippen molar-refractivity contribution in [2.45, 2.75) is 38.1 Å². The molecule has 0 N–H and O–H groups in total. The molecule has 132 valence electrons. The van der Waals surface area contributed by atoms with Gasteiger partial charge < -0.3 is 9.64 Å². The van der Waals surface area contributed by atoms with Crippen LogP contribution in [0.2, 0.25) is 0 Å². The molecule has 5 heteroatoms. The summed E-state index contributed by atoms with van der Waals surface area (Å²) in [7, 11) is 1.67. The first-order valence-corrected chi connectivity index (χ1v) is 9.09. The molecule has 5 nitrogen and oxygen atoms in total. The lowest BCUT2D eigenvalue weighted by Gasteiger charge is -2.33. The summed E-state index contributed by atoms with van der Waals surface area (Å²) in [6.45, 7) is 3.71. The van der Waals surface area contributed by atoms with Crippen molar-refractivity contribution >= 4 is 5.91 Å². The third kappa shape index (κ3) is 3.28. The van der Waals surface area contributed by atoms with E-state index in [1.54, 1.807) is 7.11 Å². The highest BCUT2D eigenvalue weighted by atomic mass is 16.5. The van der Waals surface area contributed by atoms with E-state index in [9.17, 15) is 4.79 Å². The predicted molar refractivity (Wildman–Crippen MR) is 95.7 cm³/mol. The normalized spacial score (nSPS) is 25.7. The molecule has 2 fully saturated rings. The summed E-state index contributed by atoms with van der Waals surface area (Å²) in [5.74, 6) is 1.69. The van der Waals surface area contributed by atoms with Gasteiger partial charge in [0.25, 0.3) is 0 Å². The van der Waals surface area contributed by atoms with Gasteiger partial charge in [0.15, 0.2) is 0 Å². The van der Waals surface area contributed by atoms with Crippen LogP contribution in [0, 0.1) is 12.8 Å². The van der Waals surface area contributed by atoms with Gasteiger partial charge in [-0.05, 0) is 55.4 Å². The smallest absolute Gasteiger partial charge is 0.226 e. The second-order valence-electron chi connectivity index (χ2n) is 7.30. The Morgan fingerprint density at radius 3 is 2.76 bits per heavy atom. The van der Waals surface area contributed by atoms with Gasteiger partial charge in [-0.3, -0.25) is 9.48 Å². The Morgan fingerprint density at radius 2 is 2.08 bits per heavy atom. The molecule has 0 radical (unpaired) electrons. The Balaban J connectivity index is 1.39. The average molecular weight is 339 g/mol. The molecule has 3 unspecified atom stereocenters. The van der Waals surface area contributed by atoms with Crippen LogP contribution >= 0.6 is 0 Å². The zero-order chi connectivity index (χ0) is 17.4. The number of carbonyl (C=O) groups excluding carboxylic acids is 1. The van der Waals surface area contributed by atoms with Crippen LogP contribution in [0.3, 0.4) is 0 Å². The highest BCUT2D eigenvalue weighted by Crippen LogP contribution is 2.49. The molecule has 25 heavy (non-hydrogen) atoms. The molecule has 3 atom stereocenters. The molecular formula is C20H25N3O2. The second kappa shape index (κ2) is 6.54. The molecule has 1 aromatic carbocycles. The average Bonchev–Trinajstić information content (AvgIpc) is 3.34. The molecule has 1 aliphatic carbocycles. The lowest BCUT2D eigenvalue weighted by atomic mass is 10.0. The van der Waals surface area contributed by atoms with Crippen molar-refractivity contribution in [1.82, 2.24) is 14.7 Å². The van der Waals surface area contributed by atoms with E-state index in [4.69, 9.17) is 4.74 Å². The number of carbonyl (C=O) groups is 1. The standard InChI is InChI=1S/C20H25N3O2/c1-14-11-21-23(12-14)16-4-3-9-22(13-16)20(24)19-10-18(19)15-5-7-17(25-2)8-6-15/h5-8,11-12,16,18-19H,3-4,9-10,13H2,1-2H3. The van der Waals surface area contributed by atoms with Crippen molar-refractivity contribution in [3.05, 3.63) is 47.8 Å². The van der Waals surface area contributed by atoms with E-state index >= 15 is 0 Å². The minimum atomic E-state index is 0.145. The van der Waals surface area contributed by atoms with E-state index < -0.39 is 0 Å². The van der Waals surface area contributed by atoms with Gasteiger partial charge in [0.2, 0.25) is 5.91 Å². The van der Waals surface area contributed by atoms with E-state index in [-0.39, 0.29) is 5.92 Å². The maximum absolute atomic E-state index is 12.9. The van der Waals surface area contributed by atoms with Crippen LogP contribution in [0.15, 0.2) is 36.7 Å². The van der Waals surface area contributed by atoms with Gasteiger partial charge in [-0.1, -0.05) is 12.1 Å². The summed E-state index contributed by atoms with van der Waals surface area (Å²) < 4.78 is 7.24. The Morgan fingerprint density at radius 1 is 1.28 bits per heavy atom. The zero-order valence-electron chi connectivity index (χ0n) is 14.9. The van der Waals surface area contributed by atoms with Crippen LogP contribution in [0.25, 0.3) is 0 Å². The second-order valence-corrected chi connectivity index (χ2v) is 7.30. The molecule has 2 aromatic rings. The van der Waals surface area contributed by atoms with Gasteiger partial charge >= 0.3 is 0 Å². The summed E-state index contributed by atoms with van der Waals surface area (Å²) in [6.07, 6.45) is 7.08. The van der Waals surface area contributed by atoms with Gasteiger partial charge in [-0.25, -0.2) is 0 Å². The molecule has 0 bridgehead atoms. The number of ether oxygens (including phenoxy) is 1. The lowest BCUT2D eigenvalue weighted by Crippen LogP contribution is -2.41. The fraction of sp³-hybridized carbons (Fsp3) is 0.500. The predicted octanol–water partition coefficient (Wildman–Crippen LogP) is 3.17. The van der Waals surface area contributed by atoms with Crippen molar-refractivity contribution in [1.29, 1.82) is 0 Å². The number of benzene rings is 1. The van der Waals surface area contributed by atoms with Crippen LogP contribution < -0.4 is 4.74 Å². The van der Waals surface area contributed by atoms with Gasteiger partial charge in [-0.2, -0.15) is 5.10 Å². The quantitative estimate of drug-likeness (QED) is 0.859. The zero-order valence-corrected chi connectivity index (χ0v) is 14.9. The van der Waals surface area contributed by atoms with E-state index in [0.717, 1.165) is 38.1 Å². The van der Waals surface area contributed by atoms with E-state index in [1.165, 1.54) is 11.1 Å². The van der Waals surface area contributed by atoms with Crippen molar-refractivity contribution in [2.24, 2.45) is 5.92 Å². The van der Waals surface area contributed by atoms with Gasteiger partial charge in [-0.15, -0.1) is 0 Å². The number of hydrogen-bond donors (Lipinski definition) is 0. The van der Waals surface area contributed by atoms with Crippen LogP contribution in [0.1, 0.15) is 42.3 Å². The molecule has 2 aliphatic rings. The van der Waals surface area contributed by atoms with Crippen molar-refractivity contribution in [3.8, 4) is 5.75 Å². The topological polar surface area (TPSA) is 47.4 Å². The van der Waals surface area contributed by atoms with Crippen LogP contribution in [0.5, 0.6) is 5.75 Å². The summed E-state index contributed by atoms with van der Waals surface area (Å²) in [5.41, 5.74) is 2.42. The summed E-state index contributed by atoms with van der Waals surface area (Å²) >= 11 is 0. The number of nitrogens with zero attached hydrogens (tertiary/aromatic N) is 3. The third-order valence-electron chi connectivity index (χ3n) is 5.46. The lowest BCUT2D eigenvalue weighted by molar-refractivity contribution is -0.134. The van der Waals surface area contributed by atoms with Crippen LogP contribution in [0.4, 0.5) is 0 Å². The number of likely N-dealkylation sites (tertiary alicyclic amines) is 1. The Hall–Kier alpha value is -2.30. The fourth-order valence-electron chi connectivity index (χ4n) is 3.93. The van der Waals surface area contributed by atoms with Gasteiger partial charge in [0.05, 0.1) is 19.3 Å². The Kier molecular flexibility index (Phi) is 4.24. The monoisotopic (exact) mass is 339 g/mol. The molecule has 1 saturated heterocycles. The number of piperidine rings is 1. The first-order valence-electron chi connectivity index (χ1n) is 9.09. The van der Waals surface area contributed by atoms with Crippen LogP contribution in [-0.2, 0) is 4.79 Å². The van der Waals surface area contributed by atoms with E-state index in [2.05, 4.69) is 35.3 Å². The summed E-state index contributed by atoms with van der Waals surface area (Å²) in [6, 6.07) is 8.44. The van der Waals surface area contributed by atoms with Gasteiger partial charge in [0, 0.05) is 25.2 Å². The first kappa shape index (κ1) is 16.2. The largest absolute Gasteiger partial charge is 0.497 e. The number of aryl methyl sites for hydroxylation is 1. The Labute approximate surface area is 148 Å². The third-order valence-corrected chi connectivity index (χ3v) is 5.46. The molecule has 1 aromatic heterocycles. The molecule has 1 amide bonds. The van der Waals surface area contributed by atoms with Crippen LogP contribution in [-0.4, -0.2) is 40.8 Å². The molecule has 1 aliphatic heterocycles. The molecule has 0 spiro atoms. The first-order chi connectivity index (χ1) is 12.2. The molecule has 4 rings (SSSR count). The SMILES string of the molecule is COc1ccc(C2CC2C(=O)N2CCCC(n3cc(C)cn3)C2)cc1. The minimum absolute atomic E-state index is 0.145. The number of rotatable bonds is 4. The highest BCUT2D eigenvalue weighted by molar-refractivity contribution is 5.83. The maximum atomic E-state index is 12.9. The number of methoxy groups -OCH3 is 1. The number of aromatic nitrogens is 2. The maximum Gasteiger partial charge on any atom is 0.226 e. The van der Waals surface area contributed by atoms with Crippen molar-refractivity contribution in [3.63, 3.8) is 0 Å². The molecule has 2 heterocycles. The highest BCUT2D eigenvalue weighted by Gasteiger charge is 2.46. The Bertz CT molecular complexity index is 753. The van der Waals surface area contributed by atoms with Crippen molar-refractivity contribution in [2.75, 3.05) is 20.2 Å². The van der Waals surface area contributed by atoms with Gasteiger partial charge in [0.1, 0.15) is 5.75 Å². The number of amides is 1. The van der Waals surface area contributed by atoms with E-state index in [1.807, 2.05) is 23.0 Å². The minimum Gasteiger partial charge on any atom is -0.497 e. The summed E-state index contributed by atoms with van der Waals surface area (Å²) in [5, 5.41) is 4.44. The van der Waals surface area contributed by atoms with Crippen molar-refractivity contribution < 1.29 is 9.53 Å². The summed E-state index contributed by atoms with van der Waals surface area (Å²) in [4.78, 5) is 15.0. The molecule has 1 saturated carbocycles. The molecular weight excluding hydrogens is 314 g/mol. The number of hydrogen-bond acceptors (Lipinski definition) is 3. The fourth-order valence-corrected chi connectivity index (χ4v) is 3.93.